The van der Waals surface area contributed by atoms with Gasteiger partial charge in [0.15, 0.2) is 0 Å². The Morgan fingerprint density at radius 3 is 2.24 bits per heavy atom. The molecule has 0 saturated carbocycles. The van der Waals surface area contributed by atoms with Gasteiger partial charge in [0.25, 0.3) is 10.1 Å². The number of ether oxygens (including phenoxy) is 1. The zero-order valence-corrected chi connectivity index (χ0v) is 14.8. The number of benzene rings is 2. The summed E-state index contributed by atoms with van der Waals surface area (Å²) in [6, 6.07) is 12.5. The van der Waals surface area contributed by atoms with E-state index in [1.807, 2.05) is 32.9 Å². The minimum Gasteiger partial charge on any atom is -0.454 e. The number of nitrogens with zero attached hydrogens (tertiary/aromatic N) is 2. The summed E-state index contributed by atoms with van der Waals surface area (Å²) in [6.45, 7) is 5.82. The van der Waals surface area contributed by atoms with Crippen molar-refractivity contribution in [1.29, 1.82) is 10.5 Å². The molecular formula is C18H16N2O4S. The van der Waals surface area contributed by atoms with Crippen LogP contribution in [0.5, 0.6) is 11.5 Å². The zero-order chi connectivity index (χ0) is 18.8. The highest BCUT2D eigenvalue weighted by Crippen LogP contribution is 2.35. The van der Waals surface area contributed by atoms with E-state index in [9.17, 15) is 18.2 Å². The van der Waals surface area contributed by atoms with Crippen LogP contribution in [0.2, 0.25) is 0 Å². The van der Waals surface area contributed by atoms with Gasteiger partial charge in [0.1, 0.15) is 34.1 Å². The lowest BCUT2D eigenvalue weighted by Gasteiger charge is -2.21. The first-order valence-electron chi connectivity index (χ1n) is 7.31. The molecule has 2 aromatic rings. The van der Waals surface area contributed by atoms with Crippen LogP contribution in [0.25, 0.3) is 0 Å². The number of hydrogen-bond acceptors (Lipinski definition) is 5. The lowest BCUT2D eigenvalue weighted by atomic mass is 9.87. The van der Waals surface area contributed by atoms with Gasteiger partial charge in [-0.05, 0) is 35.2 Å². The Kier molecular flexibility index (Phi) is 4.85. The van der Waals surface area contributed by atoms with Gasteiger partial charge in [-0.25, -0.2) is 0 Å². The van der Waals surface area contributed by atoms with Crippen molar-refractivity contribution >= 4 is 10.1 Å². The van der Waals surface area contributed by atoms with E-state index in [1.165, 1.54) is 30.3 Å². The van der Waals surface area contributed by atoms with E-state index in [0.29, 0.717) is 0 Å². The highest BCUT2D eigenvalue weighted by Gasteiger charge is 2.23. The van der Waals surface area contributed by atoms with E-state index in [4.69, 9.17) is 10.00 Å². The first-order chi connectivity index (χ1) is 11.6. The number of nitriles is 2. The molecule has 0 unspecified atom stereocenters. The van der Waals surface area contributed by atoms with Gasteiger partial charge in [0.2, 0.25) is 0 Å². The van der Waals surface area contributed by atoms with Crippen molar-refractivity contribution in [1.82, 2.24) is 0 Å². The third-order valence-corrected chi connectivity index (χ3v) is 4.46. The van der Waals surface area contributed by atoms with Crippen LogP contribution in [-0.4, -0.2) is 13.0 Å². The molecule has 6 nitrogen and oxygen atoms in total. The van der Waals surface area contributed by atoms with Crippen LogP contribution >= 0.6 is 0 Å². The van der Waals surface area contributed by atoms with Crippen LogP contribution < -0.4 is 4.74 Å². The maximum atomic E-state index is 11.6. The maximum Gasteiger partial charge on any atom is 0.298 e. The number of rotatable bonds is 3. The second-order valence-electron chi connectivity index (χ2n) is 6.39. The molecule has 1 N–H and O–H groups in total. The molecule has 7 heteroatoms. The van der Waals surface area contributed by atoms with Gasteiger partial charge >= 0.3 is 0 Å². The van der Waals surface area contributed by atoms with Crippen LogP contribution in [0.4, 0.5) is 0 Å². The van der Waals surface area contributed by atoms with Gasteiger partial charge < -0.3 is 4.74 Å². The molecule has 128 valence electrons. The van der Waals surface area contributed by atoms with Crippen molar-refractivity contribution in [2.24, 2.45) is 0 Å². The van der Waals surface area contributed by atoms with Gasteiger partial charge in [0.05, 0.1) is 5.56 Å². The Labute approximate surface area is 146 Å². The molecule has 0 aromatic heterocycles. The van der Waals surface area contributed by atoms with Gasteiger partial charge in [-0.3, -0.25) is 4.55 Å². The average Bonchev–Trinajstić information content (AvgIpc) is 2.52. The number of hydrogen-bond donors (Lipinski definition) is 1. The molecule has 0 bridgehead atoms. The molecule has 0 saturated heterocycles. The standard InChI is InChI=1S/C18H16N2O4S/c1-18(2,3)13-7-8-17(25(21,22)23)16(9-13)24-15-6-4-5-12(10-19)14(15)11-20/h4-9H,1-3H3,(H,21,22,23). The largest absolute Gasteiger partial charge is 0.454 e. The molecule has 0 aliphatic carbocycles. The quantitative estimate of drug-likeness (QED) is 0.838. The molecule has 0 aliphatic heterocycles. The molecule has 2 aromatic carbocycles. The first-order valence-corrected chi connectivity index (χ1v) is 8.75. The Morgan fingerprint density at radius 1 is 1.04 bits per heavy atom. The fraction of sp³-hybridized carbons (Fsp3) is 0.222. The Morgan fingerprint density at radius 2 is 1.72 bits per heavy atom. The van der Waals surface area contributed by atoms with Crippen molar-refractivity contribution in [3.8, 4) is 23.6 Å². The zero-order valence-electron chi connectivity index (χ0n) is 13.9. The van der Waals surface area contributed by atoms with Crippen LogP contribution in [-0.2, 0) is 15.5 Å². The summed E-state index contributed by atoms with van der Waals surface area (Å²) in [4.78, 5) is -0.410. The average molecular weight is 356 g/mol. The summed E-state index contributed by atoms with van der Waals surface area (Å²) >= 11 is 0. The fourth-order valence-corrected chi connectivity index (χ4v) is 2.81. The SMILES string of the molecule is CC(C)(C)c1ccc(S(=O)(=O)O)c(Oc2cccc(C#N)c2C#N)c1. The van der Waals surface area contributed by atoms with Crippen molar-refractivity contribution in [3.05, 3.63) is 53.1 Å². The summed E-state index contributed by atoms with van der Waals surface area (Å²) in [5.74, 6) is -0.0703. The lowest BCUT2D eigenvalue weighted by molar-refractivity contribution is 0.446. The van der Waals surface area contributed by atoms with E-state index in [-0.39, 0.29) is 28.0 Å². The van der Waals surface area contributed by atoms with Crippen molar-refractivity contribution < 1.29 is 17.7 Å². The normalized spacial score (nSPS) is 11.4. The summed E-state index contributed by atoms with van der Waals surface area (Å²) in [5.41, 5.74) is 0.597. The molecule has 0 amide bonds. The second kappa shape index (κ2) is 6.56. The minimum absolute atomic E-state index is 0.00699. The van der Waals surface area contributed by atoms with Crippen LogP contribution in [0, 0.1) is 22.7 Å². The Balaban J connectivity index is 2.67. The molecule has 0 spiro atoms. The van der Waals surface area contributed by atoms with E-state index in [2.05, 4.69) is 0 Å². The minimum atomic E-state index is -4.52. The molecule has 0 aliphatic rings. The second-order valence-corrected chi connectivity index (χ2v) is 7.78. The smallest absolute Gasteiger partial charge is 0.298 e. The van der Waals surface area contributed by atoms with Crippen molar-refractivity contribution in [2.75, 3.05) is 0 Å². The molecule has 25 heavy (non-hydrogen) atoms. The summed E-state index contributed by atoms with van der Waals surface area (Å²) in [7, 11) is -4.52. The van der Waals surface area contributed by atoms with E-state index in [0.717, 1.165) is 5.56 Å². The van der Waals surface area contributed by atoms with Gasteiger partial charge in [-0.1, -0.05) is 32.9 Å². The van der Waals surface area contributed by atoms with Crippen LogP contribution in [0.15, 0.2) is 41.3 Å². The molecule has 0 heterocycles. The predicted octanol–water partition coefficient (Wildman–Crippen LogP) is 3.77. The van der Waals surface area contributed by atoms with E-state index >= 15 is 0 Å². The van der Waals surface area contributed by atoms with E-state index < -0.39 is 15.0 Å². The lowest BCUT2D eigenvalue weighted by Crippen LogP contribution is -2.12. The molecule has 2 rings (SSSR count). The molecule has 0 fully saturated rings. The Hall–Kier alpha value is -2.87. The molecular weight excluding hydrogens is 340 g/mol. The predicted molar refractivity (Wildman–Crippen MR) is 90.9 cm³/mol. The van der Waals surface area contributed by atoms with Gasteiger partial charge in [-0.15, -0.1) is 0 Å². The van der Waals surface area contributed by atoms with Gasteiger partial charge in [-0.2, -0.15) is 18.9 Å². The van der Waals surface area contributed by atoms with Crippen molar-refractivity contribution in [3.63, 3.8) is 0 Å². The topological polar surface area (TPSA) is 111 Å². The van der Waals surface area contributed by atoms with Gasteiger partial charge in [0, 0.05) is 0 Å². The maximum absolute atomic E-state index is 11.6. The van der Waals surface area contributed by atoms with E-state index in [1.54, 1.807) is 6.07 Å². The Bertz CT molecular complexity index is 1010. The highest BCUT2D eigenvalue weighted by molar-refractivity contribution is 7.86. The molecule has 0 atom stereocenters. The summed E-state index contributed by atoms with van der Waals surface area (Å²) < 4.78 is 38.3. The monoisotopic (exact) mass is 356 g/mol. The van der Waals surface area contributed by atoms with Crippen LogP contribution in [0.3, 0.4) is 0 Å². The summed E-state index contributed by atoms with van der Waals surface area (Å²) in [6.07, 6.45) is 0. The third-order valence-electron chi connectivity index (χ3n) is 3.57. The van der Waals surface area contributed by atoms with Crippen LogP contribution in [0.1, 0.15) is 37.5 Å². The van der Waals surface area contributed by atoms with Crippen molar-refractivity contribution in [2.45, 2.75) is 31.1 Å². The molecule has 0 radical (unpaired) electrons. The third kappa shape index (κ3) is 3.97. The first kappa shape index (κ1) is 18.5. The summed E-state index contributed by atoms with van der Waals surface area (Å²) in [5, 5.41) is 18.4. The fourth-order valence-electron chi connectivity index (χ4n) is 2.21. The highest BCUT2D eigenvalue weighted by atomic mass is 32.2.